The zero-order valence-corrected chi connectivity index (χ0v) is 11.5. The summed E-state index contributed by atoms with van der Waals surface area (Å²) in [6.07, 6.45) is 1.12. The summed E-state index contributed by atoms with van der Waals surface area (Å²) in [6, 6.07) is 17.0. The van der Waals surface area contributed by atoms with Gasteiger partial charge in [0.05, 0.1) is 5.69 Å². The number of carbonyl (C=O) groups is 2. The van der Waals surface area contributed by atoms with Crippen molar-refractivity contribution in [1.29, 1.82) is 5.41 Å². The molecule has 0 radical (unpaired) electrons. The molecule has 2 aromatic rings. The SMILES string of the molecule is N=C1O/C(=C\C(=O)c2ccccc2)C(=O)N1c1ccccc1. The number of para-hydroxylation sites is 1. The Morgan fingerprint density at radius 2 is 1.59 bits per heavy atom. The van der Waals surface area contributed by atoms with Crippen molar-refractivity contribution in [3.05, 3.63) is 78.1 Å². The Hall–Kier alpha value is -3.21. The molecule has 3 rings (SSSR count). The smallest absolute Gasteiger partial charge is 0.302 e. The topological polar surface area (TPSA) is 70.5 Å². The maximum Gasteiger partial charge on any atom is 0.302 e. The lowest BCUT2D eigenvalue weighted by Crippen LogP contribution is -2.28. The van der Waals surface area contributed by atoms with Crippen LogP contribution in [0.25, 0.3) is 0 Å². The first-order valence-electron chi connectivity index (χ1n) is 6.64. The molecule has 1 aliphatic rings. The van der Waals surface area contributed by atoms with Gasteiger partial charge in [-0.15, -0.1) is 0 Å². The predicted octanol–water partition coefficient (Wildman–Crippen LogP) is 2.75. The van der Waals surface area contributed by atoms with Gasteiger partial charge in [-0.3, -0.25) is 15.0 Å². The summed E-state index contributed by atoms with van der Waals surface area (Å²) >= 11 is 0. The molecule has 0 bridgehead atoms. The fraction of sp³-hybridized carbons (Fsp3) is 0. The second-order valence-corrected chi connectivity index (χ2v) is 4.62. The highest BCUT2D eigenvalue weighted by molar-refractivity contribution is 6.25. The molecule has 0 spiro atoms. The van der Waals surface area contributed by atoms with Crippen molar-refractivity contribution in [1.82, 2.24) is 0 Å². The number of nitrogens with zero attached hydrogens (tertiary/aromatic N) is 1. The average Bonchev–Trinajstić information content (AvgIpc) is 2.83. The molecule has 0 aliphatic carbocycles. The number of ether oxygens (including phenoxy) is 1. The molecule has 1 amide bonds. The van der Waals surface area contributed by atoms with E-state index in [0.717, 1.165) is 11.0 Å². The second-order valence-electron chi connectivity index (χ2n) is 4.62. The molecule has 1 saturated heterocycles. The molecule has 1 N–H and O–H groups in total. The number of ketones is 1. The van der Waals surface area contributed by atoms with Crippen LogP contribution in [-0.2, 0) is 9.53 Å². The molecule has 0 atom stereocenters. The van der Waals surface area contributed by atoms with Crippen LogP contribution >= 0.6 is 0 Å². The minimum absolute atomic E-state index is 0.150. The Kier molecular flexibility index (Phi) is 3.53. The van der Waals surface area contributed by atoms with Crippen LogP contribution in [0.3, 0.4) is 0 Å². The highest BCUT2D eigenvalue weighted by Gasteiger charge is 2.35. The molecule has 5 heteroatoms. The van der Waals surface area contributed by atoms with E-state index in [2.05, 4.69) is 0 Å². The standard InChI is InChI=1S/C17H12N2O3/c18-17-19(13-9-5-2-6-10-13)16(21)15(22-17)11-14(20)12-7-3-1-4-8-12/h1-11,18H/b15-11-,18-17?. The van der Waals surface area contributed by atoms with Crippen LogP contribution in [-0.4, -0.2) is 17.7 Å². The van der Waals surface area contributed by atoms with E-state index >= 15 is 0 Å². The minimum Gasteiger partial charge on any atom is -0.419 e. The number of nitrogens with one attached hydrogen (secondary N) is 1. The van der Waals surface area contributed by atoms with Gasteiger partial charge in [0.15, 0.2) is 5.78 Å². The molecular formula is C17H12N2O3. The van der Waals surface area contributed by atoms with E-state index in [0.29, 0.717) is 11.3 Å². The number of hydrogen-bond donors (Lipinski definition) is 1. The summed E-state index contributed by atoms with van der Waals surface area (Å²) in [5, 5.41) is 7.78. The van der Waals surface area contributed by atoms with Crippen LogP contribution in [0.1, 0.15) is 10.4 Å². The number of carbonyl (C=O) groups excluding carboxylic acids is 2. The molecule has 0 saturated carbocycles. The van der Waals surface area contributed by atoms with E-state index in [4.69, 9.17) is 10.1 Å². The minimum atomic E-state index is -0.527. The molecule has 1 fully saturated rings. The number of anilines is 1. The van der Waals surface area contributed by atoms with Gasteiger partial charge < -0.3 is 4.74 Å². The van der Waals surface area contributed by atoms with Crippen molar-refractivity contribution >= 4 is 23.4 Å². The first-order chi connectivity index (χ1) is 10.7. The van der Waals surface area contributed by atoms with Gasteiger partial charge >= 0.3 is 11.9 Å². The maximum absolute atomic E-state index is 12.3. The van der Waals surface area contributed by atoms with Crippen molar-refractivity contribution in [2.24, 2.45) is 0 Å². The van der Waals surface area contributed by atoms with Crippen LogP contribution in [0.2, 0.25) is 0 Å². The van der Waals surface area contributed by atoms with Crippen LogP contribution < -0.4 is 4.90 Å². The van der Waals surface area contributed by atoms with Crippen molar-refractivity contribution < 1.29 is 14.3 Å². The molecule has 5 nitrogen and oxygen atoms in total. The van der Waals surface area contributed by atoms with Gasteiger partial charge in [-0.25, -0.2) is 4.90 Å². The molecule has 1 aliphatic heterocycles. The third-order valence-corrected chi connectivity index (χ3v) is 3.16. The Balaban J connectivity index is 1.88. The van der Waals surface area contributed by atoms with Gasteiger partial charge in [0.1, 0.15) is 0 Å². The maximum atomic E-state index is 12.3. The lowest BCUT2D eigenvalue weighted by Gasteiger charge is -2.11. The summed E-state index contributed by atoms with van der Waals surface area (Å²) in [5.41, 5.74) is 0.976. The van der Waals surface area contributed by atoms with Gasteiger partial charge in [-0.2, -0.15) is 0 Å². The van der Waals surface area contributed by atoms with Gasteiger partial charge in [-0.1, -0.05) is 48.5 Å². The first-order valence-corrected chi connectivity index (χ1v) is 6.64. The normalized spacial score (nSPS) is 16.0. The number of amidine groups is 1. The third kappa shape index (κ3) is 2.52. The van der Waals surface area contributed by atoms with Gasteiger partial charge in [0.25, 0.3) is 0 Å². The molecular weight excluding hydrogens is 280 g/mol. The highest BCUT2D eigenvalue weighted by atomic mass is 16.5. The number of rotatable bonds is 3. The third-order valence-electron chi connectivity index (χ3n) is 3.16. The number of allylic oxidation sites excluding steroid dienone is 1. The summed E-state index contributed by atoms with van der Waals surface area (Å²) in [5.74, 6) is -1.02. The van der Waals surface area contributed by atoms with E-state index in [1.54, 1.807) is 54.6 Å². The fourth-order valence-electron chi connectivity index (χ4n) is 2.10. The van der Waals surface area contributed by atoms with Crippen molar-refractivity contribution in [3.63, 3.8) is 0 Å². The highest BCUT2D eigenvalue weighted by Crippen LogP contribution is 2.24. The fourth-order valence-corrected chi connectivity index (χ4v) is 2.10. The Bertz CT molecular complexity index is 767. The number of amides is 1. The lowest BCUT2D eigenvalue weighted by atomic mass is 10.1. The van der Waals surface area contributed by atoms with Gasteiger partial charge in [0, 0.05) is 11.6 Å². The summed E-state index contributed by atoms with van der Waals surface area (Å²) in [7, 11) is 0. The zero-order valence-electron chi connectivity index (χ0n) is 11.5. The van der Waals surface area contributed by atoms with Gasteiger partial charge in [-0.05, 0) is 12.1 Å². The van der Waals surface area contributed by atoms with E-state index in [9.17, 15) is 9.59 Å². The van der Waals surface area contributed by atoms with Crippen LogP contribution in [0, 0.1) is 5.41 Å². The monoisotopic (exact) mass is 292 g/mol. The van der Waals surface area contributed by atoms with Gasteiger partial charge in [0.2, 0.25) is 5.76 Å². The quantitative estimate of drug-likeness (QED) is 0.698. The molecule has 0 unspecified atom stereocenters. The Morgan fingerprint density at radius 1 is 1.00 bits per heavy atom. The number of benzene rings is 2. The number of hydrogen-bond acceptors (Lipinski definition) is 4. The van der Waals surface area contributed by atoms with E-state index < -0.39 is 5.91 Å². The van der Waals surface area contributed by atoms with Crippen molar-refractivity contribution in [3.8, 4) is 0 Å². The second kappa shape index (κ2) is 5.65. The molecule has 2 aromatic carbocycles. The summed E-state index contributed by atoms with van der Waals surface area (Å²) in [6.45, 7) is 0. The molecule has 22 heavy (non-hydrogen) atoms. The first kappa shape index (κ1) is 13.8. The van der Waals surface area contributed by atoms with Crippen LogP contribution in [0.5, 0.6) is 0 Å². The molecule has 0 aromatic heterocycles. The zero-order chi connectivity index (χ0) is 15.5. The molecule has 108 valence electrons. The van der Waals surface area contributed by atoms with E-state index in [1.807, 2.05) is 6.07 Å². The Morgan fingerprint density at radius 3 is 2.23 bits per heavy atom. The van der Waals surface area contributed by atoms with Crippen molar-refractivity contribution in [2.75, 3.05) is 4.90 Å². The van der Waals surface area contributed by atoms with E-state index in [-0.39, 0.29) is 17.6 Å². The van der Waals surface area contributed by atoms with Crippen LogP contribution in [0.15, 0.2) is 72.5 Å². The predicted molar refractivity (Wildman–Crippen MR) is 81.6 cm³/mol. The lowest BCUT2D eigenvalue weighted by molar-refractivity contribution is -0.114. The average molecular weight is 292 g/mol. The van der Waals surface area contributed by atoms with Crippen molar-refractivity contribution in [2.45, 2.75) is 0 Å². The van der Waals surface area contributed by atoms with E-state index in [1.165, 1.54) is 0 Å². The Labute approximate surface area is 126 Å². The van der Waals surface area contributed by atoms with Crippen LogP contribution in [0.4, 0.5) is 5.69 Å². The summed E-state index contributed by atoms with van der Waals surface area (Å²) < 4.78 is 5.13. The molecule has 1 heterocycles. The largest absolute Gasteiger partial charge is 0.419 e. The summed E-state index contributed by atoms with van der Waals surface area (Å²) in [4.78, 5) is 25.5.